The van der Waals surface area contributed by atoms with Crippen LogP contribution >= 0.6 is 0 Å². The number of hydrogen-bond acceptors (Lipinski definition) is 3. The van der Waals surface area contributed by atoms with Crippen LogP contribution in [0.15, 0.2) is 30.3 Å². The van der Waals surface area contributed by atoms with Crippen molar-refractivity contribution in [2.75, 3.05) is 0 Å². The Morgan fingerprint density at radius 1 is 1.43 bits per heavy atom. The van der Waals surface area contributed by atoms with Crippen molar-refractivity contribution in [3.8, 4) is 0 Å². The molecule has 0 aliphatic heterocycles. The van der Waals surface area contributed by atoms with Gasteiger partial charge in [-0.1, -0.05) is 30.3 Å². The quantitative estimate of drug-likeness (QED) is 0.799. The SMILES string of the molecule is CC(C(=O)c1ccccc1)S(=O)(O)=S. The van der Waals surface area contributed by atoms with E-state index in [1.165, 1.54) is 6.92 Å². The number of Topliss-reactive ketones (excluding diaryl/α,β-unsaturated/α-hetero) is 1. The predicted molar refractivity (Wildman–Crippen MR) is 58.4 cm³/mol. The van der Waals surface area contributed by atoms with E-state index >= 15 is 0 Å². The first-order valence-electron chi connectivity index (χ1n) is 3.98. The lowest BCUT2D eigenvalue weighted by atomic mass is 10.1. The molecule has 2 unspecified atom stereocenters. The topological polar surface area (TPSA) is 54.4 Å². The molecule has 0 aromatic heterocycles. The first-order valence-corrected chi connectivity index (χ1v) is 6.49. The lowest BCUT2D eigenvalue weighted by molar-refractivity contribution is 0.0991. The second-order valence-corrected chi connectivity index (χ2v) is 6.06. The Bertz CT molecular complexity index is 423. The summed E-state index contributed by atoms with van der Waals surface area (Å²) in [5.41, 5.74) is 0.409. The molecule has 0 bridgehead atoms. The second-order valence-electron chi connectivity index (χ2n) is 2.89. The van der Waals surface area contributed by atoms with Gasteiger partial charge in [0.2, 0.25) is 0 Å². The molecule has 3 nitrogen and oxygen atoms in total. The van der Waals surface area contributed by atoms with Crippen LogP contribution < -0.4 is 0 Å². The Kier molecular flexibility index (Phi) is 3.36. The largest absolute Gasteiger partial charge is 0.305 e. The highest BCUT2D eigenvalue weighted by Gasteiger charge is 2.23. The molecule has 0 heterocycles. The van der Waals surface area contributed by atoms with Crippen molar-refractivity contribution >= 4 is 25.7 Å². The van der Waals surface area contributed by atoms with E-state index in [0.717, 1.165) is 0 Å². The zero-order chi connectivity index (χ0) is 10.8. The molecule has 1 aromatic carbocycles. The number of carbonyl (C=O) groups excluding carboxylic acids is 1. The third-order valence-electron chi connectivity index (χ3n) is 1.87. The van der Waals surface area contributed by atoms with Gasteiger partial charge in [0, 0.05) is 16.8 Å². The van der Waals surface area contributed by atoms with Crippen molar-refractivity contribution in [3.63, 3.8) is 0 Å². The van der Waals surface area contributed by atoms with E-state index < -0.39 is 19.8 Å². The Labute approximate surface area is 87.6 Å². The van der Waals surface area contributed by atoms with Crippen LogP contribution in [0, 0.1) is 0 Å². The fourth-order valence-electron chi connectivity index (χ4n) is 0.972. The Morgan fingerprint density at radius 2 is 1.93 bits per heavy atom. The number of rotatable bonds is 3. The molecule has 1 aromatic rings. The zero-order valence-electron chi connectivity index (χ0n) is 7.54. The van der Waals surface area contributed by atoms with Gasteiger partial charge in [0.05, 0.1) is 0 Å². The molecule has 14 heavy (non-hydrogen) atoms. The van der Waals surface area contributed by atoms with Gasteiger partial charge >= 0.3 is 0 Å². The van der Waals surface area contributed by atoms with Crippen LogP contribution in [0.2, 0.25) is 0 Å². The van der Waals surface area contributed by atoms with E-state index in [1.54, 1.807) is 30.3 Å². The zero-order valence-corrected chi connectivity index (χ0v) is 9.18. The summed E-state index contributed by atoms with van der Waals surface area (Å²) in [4.78, 5) is 11.6. The number of hydrogen-bond donors (Lipinski definition) is 1. The summed E-state index contributed by atoms with van der Waals surface area (Å²) in [6, 6.07) is 8.36. The molecule has 1 N–H and O–H groups in total. The van der Waals surface area contributed by atoms with E-state index in [-0.39, 0.29) is 0 Å². The molecule has 1 rings (SSSR count). The van der Waals surface area contributed by atoms with Crippen LogP contribution in [0.4, 0.5) is 0 Å². The van der Waals surface area contributed by atoms with Crippen LogP contribution in [0.1, 0.15) is 17.3 Å². The van der Waals surface area contributed by atoms with Gasteiger partial charge in [0.25, 0.3) is 0 Å². The summed E-state index contributed by atoms with van der Waals surface area (Å²) in [6.07, 6.45) is 0. The minimum absolute atomic E-state index is 0.395. The average Bonchev–Trinajstić information content (AvgIpc) is 2.15. The van der Waals surface area contributed by atoms with Crippen molar-refractivity contribution in [3.05, 3.63) is 35.9 Å². The highest BCUT2D eigenvalue weighted by molar-refractivity contribution is 8.30. The molecule has 0 aliphatic rings. The molecule has 2 atom stereocenters. The first kappa shape index (κ1) is 11.3. The fourth-order valence-corrected chi connectivity index (χ4v) is 1.64. The van der Waals surface area contributed by atoms with E-state index in [2.05, 4.69) is 11.2 Å². The van der Waals surface area contributed by atoms with Gasteiger partial charge in [0.1, 0.15) is 5.25 Å². The maximum Gasteiger partial charge on any atom is 0.180 e. The van der Waals surface area contributed by atoms with Gasteiger partial charge in [-0.05, 0) is 6.92 Å². The molecule has 0 saturated carbocycles. The van der Waals surface area contributed by atoms with Crippen molar-refractivity contribution < 1.29 is 13.6 Å². The maximum atomic E-state index is 11.6. The second kappa shape index (κ2) is 4.16. The summed E-state index contributed by atoms with van der Waals surface area (Å²) in [6.45, 7) is 1.37. The number of benzene rings is 1. The van der Waals surface area contributed by atoms with Crippen LogP contribution in [0.3, 0.4) is 0 Å². The molecule has 76 valence electrons. The van der Waals surface area contributed by atoms with Crippen LogP contribution in [0.25, 0.3) is 0 Å². The van der Waals surface area contributed by atoms with Gasteiger partial charge in [-0.15, -0.1) is 0 Å². The summed E-state index contributed by atoms with van der Waals surface area (Å²) in [5, 5.41) is -1.04. The minimum atomic E-state index is -3.47. The molecule has 5 heteroatoms. The molecule has 0 spiro atoms. The molecular formula is C9H10O3S2. The van der Waals surface area contributed by atoms with Crippen molar-refractivity contribution in [1.29, 1.82) is 0 Å². The summed E-state index contributed by atoms with van der Waals surface area (Å²) >= 11 is 4.35. The van der Waals surface area contributed by atoms with E-state index in [4.69, 9.17) is 4.55 Å². The van der Waals surface area contributed by atoms with Crippen LogP contribution in [-0.4, -0.2) is 19.8 Å². The van der Waals surface area contributed by atoms with Crippen LogP contribution in [-0.2, 0) is 20.0 Å². The smallest absolute Gasteiger partial charge is 0.180 e. The van der Waals surface area contributed by atoms with Crippen LogP contribution in [0.5, 0.6) is 0 Å². The van der Waals surface area contributed by atoms with Gasteiger partial charge in [-0.2, -0.15) is 0 Å². The lowest BCUT2D eigenvalue weighted by Crippen LogP contribution is -2.25. The molecule has 0 fully saturated rings. The average molecular weight is 230 g/mol. The molecule has 0 amide bonds. The number of ketones is 1. The standard InChI is InChI=1S/C9H10O3S2/c1-7(14(11,12)13)9(10)8-5-3-2-4-6-8/h2-7H,1H3,(H,11,12,13). The predicted octanol–water partition coefficient (Wildman–Crippen LogP) is 1.48. The van der Waals surface area contributed by atoms with E-state index in [9.17, 15) is 9.00 Å². The van der Waals surface area contributed by atoms with Crippen molar-refractivity contribution in [2.45, 2.75) is 12.2 Å². The van der Waals surface area contributed by atoms with E-state index in [1.807, 2.05) is 0 Å². The highest BCUT2D eigenvalue weighted by Crippen LogP contribution is 2.08. The van der Waals surface area contributed by atoms with E-state index in [0.29, 0.717) is 5.56 Å². The molecule has 0 aliphatic carbocycles. The Balaban J connectivity index is 2.99. The summed E-state index contributed by atoms with van der Waals surface area (Å²) in [5.74, 6) is -0.395. The van der Waals surface area contributed by atoms with Gasteiger partial charge in [-0.25, -0.2) is 4.21 Å². The van der Waals surface area contributed by atoms with Crippen molar-refractivity contribution in [1.82, 2.24) is 0 Å². The third kappa shape index (κ3) is 2.60. The monoisotopic (exact) mass is 230 g/mol. The van der Waals surface area contributed by atoms with Crippen molar-refractivity contribution in [2.24, 2.45) is 0 Å². The first-order chi connectivity index (χ1) is 6.43. The van der Waals surface area contributed by atoms with Gasteiger partial charge in [0.15, 0.2) is 14.6 Å². The molecular weight excluding hydrogens is 220 g/mol. The molecule has 0 saturated heterocycles. The molecule has 0 radical (unpaired) electrons. The number of carbonyl (C=O) groups is 1. The maximum absolute atomic E-state index is 11.6. The summed E-state index contributed by atoms with van der Waals surface area (Å²) < 4.78 is 20.1. The van der Waals surface area contributed by atoms with Gasteiger partial charge < -0.3 is 4.55 Å². The Hall–Kier alpha value is -0.780. The summed E-state index contributed by atoms with van der Waals surface area (Å²) in [7, 11) is -3.47. The fraction of sp³-hybridized carbons (Fsp3) is 0.222. The van der Waals surface area contributed by atoms with Gasteiger partial charge in [-0.3, -0.25) is 4.79 Å². The minimum Gasteiger partial charge on any atom is -0.305 e. The normalized spacial score (nSPS) is 17.0. The highest BCUT2D eigenvalue weighted by atomic mass is 32.8. The lowest BCUT2D eigenvalue weighted by Gasteiger charge is -2.08. The Morgan fingerprint density at radius 3 is 2.36 bits per heavy atom. The third-order valence-corrected chi connectivity index (χ3v) is 3.85.